The second-order valence-corrected chi connectivity index (χ2v) is 6.38. The average molecular weight is 347 g/mol. The zero-order valence-corrected chi connectivity index (χ0v) is 14.6. The molecule has 2 amide bonds. The Morgan fingerprint density at radius 3 is 2.76 bits per heavy atom. The van der Waals surface area contributed by atoms with Gasteiger partial charge >= 0.3 is 0 Å². The minimum absolute atomic E-state index is 0.0628. The number of carbonyl (C=O) groups excluding carboxylic acids is 2. The third-order valence-corrected chi connectivity index (χ3v) is 4.61. The normalized spacial score (nSPS) is 21.2. The molecule has 2 fully saturated rings. The van der Waals surface area contributed by atoms with Gasteiger partial charge in [0, 0.05) is 44.5 Å². The summed E-state index contributed by atoms with van der Waals surface area (Å²) in [5.74, 6) is 0.740. The Bertz CT molecular complexity index is 608. The van der Waals surface area contributed by atoms with Crippen LogP contribution in [0.2, 0.25) is 0 Å². The molecule has 136 valence electrons. The van der Waals surface area contributed by atoms with Crippen LogP contribution >= 0.6 is 0 Å². The minimum Gasteiger partial charge on any atom is -0.497 e. The molecular weight excluding hydrogens is 322 g/mol. The Morgan fingerprint density at radius 1 is 1.28 bits per heavy atom. The standard InChI is InChI=1S/C18H25N3O4/c1-24-15-5-2-4-14(12-15)19-17(22)13-20-7-9-21(10-8-20)18(23)16-6-3-11-25-16/h2,4-5,12,16H,3,6-11,13H2,1H3,(H,19,22)/t16-/m0/s1. The Hall–Kier alpha value is -2.12. The summed E-state index contributed by atoms with van der Waals surface area (Å²) >= 11 is 0. The van der Waals surface area contributed by atoms with Gasteiger partial charge in [-0.2, -0.15) is 0 Å². The number of anilines is 1. The lowest BCUT2D eigenvalue weighted by atomic mass is 10.2. The summed E-state index contributed by atoms with van der Waals surface area (Å²) in [6.45, 7) is 3.68. The van der Waals surface area contributed by atoms with Gasteiger partial charge in [0.1, 0.15) is 11.9 Å². The van der Waals surface area contributed by atoms with Gasteiger partial charge in [-0.25, -0.2) is 0 Å². The molecule has 2 aliphatic heterocycles. The van der Waals surface area contributed by atoms with E-state index < -0.39 is 0 Å². The Kier molecular flexibility index (Phi) is 5.88. The lowest BCUT2D eigenvalue weighted by Gasteiger charge is -2.35. The van der Waals surface area contributed by atoms with Gasteiger partial charge in [-0.15, -0.1) is 0 Å². The maximum Gasteiger partial charge on any atom is 0.251 e. The van der Waals surface area contributed by atoms with Crippen LogP contribution in [0.5, 0.6) is 5.75 Å². The molecule has 2 heterocycles. The maximum absolute atomic E-state index is 12.3. The Morgan fingerprint density at radius 2 is 2.08 bits per heavy atom. The zero-order valence-electron chi connectivity index (χ0n) is 14.6. The van der Waals surface area contributed by atoms with Gasteiger partial charge in [0.05, 0.1) is 13.7 Å². The minimum atomic E-state index is -0.261. The van der Waals surface area contributed by atoms with E-state index in [4.69, 9.17) is 9.47 Å². The molecule has 1 aromatic rings. The van der Waals surface area contributed by atoms with Gasteiger partial charge in [-0.3, -0.25) is 14.5 Å². The topological polar surface area (TPSA) is 71.1 Å². The number of nitrogens with one attached hydrogen (secondary N) is 1. The molecule has 2 saturated heterocycles. The maximum atomic E-state index is 12.3. The summed E-state index contributed by atoms with van der Waals surface area (Å²) < 4.78 is 10.6. The van der Waals surface area contributed by atoms with Crippen molar-refractivity contribution in [2.45, 2.75) is 18.9 Å². The predicted molar refractivity (Wildman–Crippen MR) is 93.6 cm³/mol. The lowest BCUT2D eigenvalue weighted by Crippen LogP contribution is -2.52. The summed E-state index contributed by atoms with van der Waals surface area (Å²) in [6, 6.07) is 7.29. The summed E-state index contributed by atoms with van der Waals surface area (Å²) in [7, 11) is 1.60. The molecule has 1 atom stereocenters. The van der Waals surface area contributed by atoms with Crippen molar-refractivity contribution in [2.75, 3.05) is 51.8 Å². The molecule has 0 aliphatic carbocycles. The van der Waals surface area contributed by atoms with E-state index in [-0.39, 0.29) is 17.9 Å². The van der Waals surface area contributed by atoms with Crippen molar-refractivity contribution in [3.05, 3.63) is 24.3 Å². The number of amides is 2. The number of hydrogen-bond acceptors (Lipinski definition) is 5. The van der Waals surface area contributed by atoms with Crippen LogP contribution in [-0.4, -0.2) is 74.2 Å². The molecule has 0 spiro atoms. The first-order chi connectivity index (χ1) is 12.2. The van der Waals surface area contributed by atoms with Crippen molar-refractivity contribution in [3.8, 4) is 5.75 Å². The van der Waals surface area contributed by atoms with E-state index in [1.165, 1.54) is 0 Å². The fourth-order valence-electron chi connectivity index (χ4n) is 3.21. The summed E-state index contributed by atoms with van der Waals surface area (Å²) in [5, 5.41) is 2.88. The highest BCUT2D eigenvalue weighted by Gasteiger charge is 2.30. The molecule has 1 aromatic carbocycles. The van der Waals surface area contributed by atoms with E-state index in [1.54, 1.807) is 13.2 Å². The number of ether oxygens (including phenoxy) is 2. The van der Waals surface area contributed by atoms with Gasteiger partial charge < -0.3 is 19.7 Å². The highest BCUT2D eigenvalue weighted by molar-refractivity contribution is 5.92. The van der Waals surface area contributed by atoms with Gasteiger partial charge in [-0.05, 0) is 25.0 Å². The number of hydrogen-bond donors (Lipinski definition) is 1. The molecule has 0 radical (unpaired) electrons. The van der Waals surface area contributed by atoms with Crippen molar-refractivity contribution in [2.24, 2.45) is 0 Å². The SMILES string of the molecule is COc1cccc(NC(=O)CN2CCN(C(=O)[C@@H]3CCCO3)CC2)c1. The molecule has 2 aliphatic rings. The van der Waals surface area contributed by atoms with Crippen LogP contribution in [-0.2, 0) is 14.3 Å². The van der Waals surface area contributed by atoms with E-state index in [0.717, 1.165) is 18.5 Å². The molecule has 0 saturated carbocycles. The fourth-order valence-corrected chi connectivity index (χ4v) is 3.21. The van der Waals surface area contributed by atoms with Crippen LogP contribution in [0.4, 0.5) is 5.69 Å². The first-order valence-corrected chi connectivity index (χ1v) is 8.72. The first-order valence-electron chi connectivity index (χ1n) is 8.72. The van der Waals surface area contributed by atoms with Crippen molar-refractivity contribution in [1.82, 2.24) is 9.80 Å². The van der Waals surface area contributed by atoms with Crippen molar-refractivity contribution in [3.63, 3.8) is 0 Å². The summed E-state index contributed by atoms with van der Waals surface area (Å²) in [4.78, 5) is 28.5. The predicted octanol–water partition coefficient (Wildman–Crippen LogP) is 0.957. The number of piperazine rings is 1. The number of benzene rings is 1. The molecule has 0 unspecified atom stereocenters. The summed E-state index contributed by atoms with van der Waals surface area (Å²) in [5.41, 5.74) is 0.719. The van der Waals surface area contributed by atoms with Gasteiger partial charge in [-0.1, -0.05) is 6.07 Å². The highest BCUT2D eigenvalue weighted by Crippen LogP contribution is 2.17. The van der Waals surface area contributed by atoms with E-state index in [1.807, 2.05) is 23.1 Å². The van der Waals surface area contributed by atoms with Crippen molar-refractivity contribution in [1.29, 1.82) is 0 Å². The number of carbonyl (C=O) groups is 2. The lowest BCUT2D eigenvalue weighted by molar-refractivity contribution is -0.142. The molecule has 0 bridgehead atoms. The molecule has 1 N–H and O–H groups in total. The largest absolute Gasteiger partial charge is 0.497 e. The number of rotatable bonds is 5. The third-order valence-electron chi connectivity index (χ3n) is 4.61. The molecule has 7 nitrogen and oxygen atoms in total. The van der Waals surface area contributed by atoms with Crippen molar-refractivity contribution < 1.29 is 19.1 Å². The van der Waals surface area contributed by atoms with Crippen molar-refractivity contribution >= 4 is 17.5 Å². The quantitative estimate of drug-likeness (QED) is 0.859. The zero-order chi connectivity index (χ0) is 17.6. The molecular formula is C18H25N3O4. The van der Waals surface area contributed by atoms with Crippen LogP contribution in [0.15, 0.2) is 24.3 Å². The Labute approximate surface area is 147 Å². The second kappa shape index (κ2) is 8.31. The monoisotopic (exact) mass is 347 g/mol. The van der Waals surface area contributed by atoms with E-state index in [0.29, 0.717) is 45.1 Å². The molecule has 0 aromatic heterocycles. The third kappa shape index (κ3) is 4.70. The van der Waals surface area contributed by atoms with Crippen LogP contribution < -0.4 is 10.1 Å². The van der Waals surface area contributed by atoms with Gasteiger partial charge in [0.2, 0.25) is 5.91 Å². The van der Waals surface area contributed by atoms with Crippen LogP contribution in [0.25, 0.3) is 0 Å². The molecule has 25 heavy (non-hydrogen) atoms. The number of methoxy groups -OCH3 is 1. The van der Waals surface area contributed by atoms with E-state index in [9.17, 15) is 9.59 Å². The van der Waals surface area contributed by atoms with E-state index in [2.05, 4.69) is 10.2 Å². The van der Waals surface area contributed by atoms with E-state index >= 15 is 0 Å². The average Bonchev–Trinajstić information content (AvgIpc) is 3.16. The number of nitrogens with zero attached hydrogens (tertiary/aromatic N) is 2. The Balaban J connectivity index is 1.43. The molecule has 7 heteroatoms. The first kappa shape index (κ1) is 17.7. The van der Waals surface area contributed by atoms with Crippen LogP contribution in [0, 0.1) is 0 Å². The summed E-state index contributed by atoms with van der Waals surface area (Å²) in [6.07, 6.45) is 1.52. The molecule has 3 rings (SSSR count). The second-order valence-electron chi connectivity index (χ2n) is 6.38. The highest BCUT2D eigenvalue weighted by atomic mass is 16.5. The van der Waals surface area contributed by atoms with Crippen LogP contribution in [0.3, 0.4) is 0 Å². The van der Waals surface area contributed by atoms with Crippen LogP contribution in [0.1, 0.15) is 12.8 Å². The fraction of sp³-hybridized carbons (Fsp3) is 0.556. The van der Waals surface area contributed by atoms with Gasteiger partial charge in [0.25, 0.3) is 5.91 Å². The van der Waals surface area contributed by atoms with Gasteiger partial charge in [0.15, 0.2) is 0 Å². The smallest absolute Gasteiger partial charge is 0.251 e.